The molecule has 1 aliphatic rings. The van der Waals surface area contributed by atoms with Gasteiger partial charge in [-0.3, -0.25) is 4.79 Å². The van der Waals surface area contributed by atoms with E-state index in [-0.39, 0.29) is 24.6 Å². The first-order valence-electron chi connectivity index (χ1n) is 8.64. The van der Waals surface area contributed by atoms with Crippen LogP contribution in [0.4, 0.5) is 10.5 Å². The van der Waals surface area contributed by atoms with Crippen molar-refractivity contribution in [2.24, 2.45) is 0 Å². The predicted octanol–water partition coefficient (Wildman–Crippen LogP) is 1.87. The summed E-state index contributed by atoms with van der Waals surface area (Å²) in [6.45, 7) is 6.08. The van der Waals surface area contributed by atoms with Crippen molar-refractivity contribution in [3.8, 4) is 5.75 Å². The molecule has 1 N–H and O–H groups in total. The Morgan fingerprint density at radius 2 is 2.16 bits per heavy atom. The number of hydrogen-bond acceptors (Lipinski definition) is 4. The second-order valence-corrected chi connectivity index (χ2v) is 6.04. The zero-order valence-electron chi connectivity index (χ0n) is 15.2. The molecule has 25 heavy (non-hydrogen) atoms. The van der Waals surface area contributed by atoms with E-state index in [1.807, 2.05) is 38.1 Å². The number of urea groups is 1. The van der Waals surface area contributed by atoms with Crippen LogP contribution in [0, 0.1) is 0 Å². The SMILES string of the molecule is CCCO[C@@H](C)CNC(=O)N1CCN(c2cccc(OC)c2)C(=O)C1. The molecular formula is C18H27N3O4. The van der Waals surface area contributed by atoms with E-state index in [0.717, 1.165) is 12.1 Å². The second-order valence-electron chi connectivity index (χ2n) is 6.04. The molecule has 1 heterocycles. The lowest BCUT2D eigenvalue weighted by atomic mass is 10.2. The number of benzene rings is 1. The quantitative estimate of drug-likeness (QED) is 0.816. The smallest absolute Gasteiger partial charge is 0.318 e. The molecular weight excluding hydrogens is 322 g/mol. The summed E-state index contributed by atoms with van der Waals surface area (Å²) in [6, 6.07) is 7.13. The maximum atomic E-state index is 12.4. The van der Waals surface area contributed by atoms with Gasteiger partial charge in [0.2, 0.25) is 5.91 Å². The van der Waals surface area contributed by atoms with Crippen LogP contribution in [0.5, 0.6) is 5.75 Å². The summed E-state index contributed by atoms with van der Waals surface area (Å²) in [5, 5.41) is 2.83. The number of rotatable bonds is 7. The van der Waals surface area contributed by atoms with Crippen LogP contribution in [0.15, 0.2) is 24.3 Å². The molecule has 0 saturated carbocycles. The number of nitrogens with one attached hydrogen (secondary N) is 1. The number of piperazine rings is 1. The number of carbonyl (C=O) groups is 2. The van der Waals surface area contributed by atoms with E-state index in [9.17, 15) is 9.59 Å². The van der Waals surface area contributed by atoms with Crippen LogP contribution in [0.25, 0.3) is 0 Å². The first-order chi connectivity index (χ1) is 12.0. The van der Waals surface area contributed by atoms with Gasteiger partial charge in [0.25, 0.3) is 0 Å². The van der Waals surface area contributed by atoms with Crippen molar-refractivity contribution in [2.45, 2.75) is 26.4 Å². The van der Waals surface area contributed by atoms with Crippen LogP contribution in [0.3, 0.4) is 0 Å². The third-order valence-corrected chi connectivity index (χ3v) is 4.02. The van der Waals surface area contributed by atoms with E-state index in [0.29, 0.717) is 32.0 Å². The summed E-state index contributed by atoms with van der Waals surface area (Å²) in [4.78, 5) is 27.9. The van der Waals surface area contributed by atoms with Crippen LogP contribution >= 0.6 is 0 Å². The molecule has 138 valence electrons. The Bertz CT molecular complexity index is 593. The minimum atomic E-state index is -0.231. The van der Waals surface area contributed by atoms with Crippen molar-refractivity contribution in [1.29, 1.82) is 0 Å². The fourth-order valence-corrected chi connectivity index (χ4v) is 2.62. The Morgan fingerprint density at radius 1 is 1.36 bits per heavy atom. The number of methoxy groups -OCH3 is 1. The molecule has 0 aromatic heterocycles. The first-order valence-corrected chi connectivity index (χ1v) is 8.64. The van der Waals surface area contributed by atoms with E-state index in [1.54, 1.807) is 12.0 Å². The molecule has 7 nitrogen and oxygen atoms in total. The lowest BCUT2D eigenvalue weighted by Gasteiger charge is -2.34. The van der Waals surface area contributed by atoms with Crippen LogP contribution in [0.1, 0.15) is 20.3 Å². The summed E-state index contributed by atoms with van der Waals surface area (Å²) < 4.78 is 10.7. The average molecular weight is 349 g/mol. The topological polar surface area (TPSA) is 71.1 Å². The van der Waals surface area contributed by atoms with Gasteiger partial charge in [0.15, 0.2) is 0 Å². The monoisotopic (exact) mass is 349 g/mol. The maximum absolute atomic E-state index is 12.4. The van der Waals surface area contributed by atoms with Crippen LogP contribution in [-0.2, 0) is 9.53 Å². The molecule has 3 amide bonds. The minimum Gasteiger partial charge on any atom is -0.497 e. The summed E-state index contributed by atoms with van der Waals surface area (Å²) >= 11 is 0. The molecule has 1 fully saturated rings. The lowest BCUT2D eigenvalue weighted by Crippen LogP contribution is -2.55. The Balaban J connectivity index is 1.86. The predicted molar refractivity (Wildman–Crippen MR) is 96.0 cm³/mol. The molecule has 1 aromatic carbocycles. The molecule has 0 bridgehead atoms. The molecule has 0 radical (unpaired) electrons. The molecule has 7 heteroatoms. The standard InChI is InChI=1S/C18H27N3O4/c1-4-10-25-14(2)12-19-18(23)20-8-9-21(17(22)13-20)15-6-5-7-16(11-15)24-3/h5-7,11,14H,4,8-10,12-13H2,1-3H3,(H,19,23)/t14-/m0/s1. The van der Waals surface area contributed by atoms with Gasteiger partial charge in [0, 0.05) is 38.0 Å². The van der Waals surface area contributed by atoms with Gasteiger partial charge < -0.3 is 24.6 Å². The maximum Gasteiger partial charge on any atom is 0.318 e. The zero-order chi connectivity index (χ0) is 18.2. The summed E-state index contributed by atoms with van der Waals surface area (Å²) in [6.07, 6.45) is 0.900. The van der Waals surface area contributed by atoms with Gasteiger partial charge in [0.05, 0.1) is 13.2 Å². The van der Waals surface area contributed by atoms with Gasteiger partial charge in [-0.25, -0.2) is 4.79 Å². The van der Waals surface area contributed by atoms with Crippen molar-refractivity contribution in [1.82, 2.24) is 10.2 Å². The molecule has 1 aliphatic heterocycles. The third kappa shape index (κ3) is 5.35. The fraction of sp³-hybridized carbons (Fsp3) is 0.556. The van der Waals surface area contributed by atoms with E-state index >= 15 is 0 Å². The van der Waals surface area contributed by atoms with Crippen molar-refractivity contribution < 1.29 is 19.1 Å². The molecule has 1 atom stereocenters. The van der Waals surface area contributed by atoms with E-state index in [1.165, 1.54) is 4.90 Å². The average Bonchev–Trinajstić information content (AvgIpc) is 2.64. The van der Waals surface area contributed by atoms with Gasteiger partial charge in [-0.2, -0.15) is 0 Å². The zero-order valence-corrected chi connectivity index (χ0v) is 15.2. The summed E-state index contributed by atoms with van der Waals surface area (Å²) in [7, 11) is 1.59. The van der Waals surface area contributed by atoms with Crippen molar-refractivity contribution in [3.63, 3.8) is 0 Å². The van der Waals surface area contributed by atoms with Gasteiger partial charge >= 0.3 is 6.03 Å². The van der Waals surface area contributed by atoms with E-state index in [4.69, 9.17) is 9.47 Å². The molecule has 2 rings (SSSR count). The molecule has 1 saturated heterocycles. The van der Waals surface area contributed by atoms with Gasteiger partial charge in [0.1, 0.15) is 12.3 Å². The molecule has 0 spiro atoms. The second kappa shape index (κ2) is 9.27. The van der Waals surface area contributed by atoms with Crippen LogP contribution in [0.2, 0.25) is 0 Å². The number of anilines is 1. The largest absolute Gasteiger partial charge is 0.497 e. The fourth-order valence-electron chi connectivity index (χ4n) is 2.62. The lowest BCUT2D eigenvalue weighted by molar-refractivity contribution is -0.120. The van der Waals surface area contributed by atoms with Crippen LogP contribution < -0.4 is 15.0 Å². The summed E-state index contributed by atoms with van der Waals surface area (Å²) in [5.74, 6) is 0.594. The Labute approximate surface area is 148 Å². The van der Waals surface area contributed by atoms with Gasteiger partial charge in [-0.15, -0.1) is 0 Å². The molecule has 1 aromatic rings. The number of carbonyl (C=O) groups excluding carboxylic acids is 2. The highest BCUT2D eigenvalue weighted by Gasteiger charge is 2.28. The highest BCUT2D eigenvalue weighted by Crippen LogP contribution is 2.22. The van der Waals surface area contributed by atoms with E-state index < -0.39 is 0 Å². The van der Waals surface area contributed by atoms with Crippen molar-refractivity contribution >= 4 is 17.6 Å². The third-order valence-electron chi connectivity index (χ3n) is 4.02. The first kappa shape index (κ1) is 19.1. The highest BCUT2D eigenvalue weighted by atomic mass is 16.5. The van der Waals surface area contributed by atoms with E-state index in [2.05, 4.69) is 5.32 Å². The number of ether oxygens (including phenoxy) is 2. The van der Waals surface area contributed by atoms with Gasteiger partial charge in [-0.05, 0) is 25.5 Å². The summed E-state index contributed by atoms with van der Waals surface area (Å²) in [5.41, 5.74) is 0.783. The molecule has 0 unspecified atom stereocenters. The Kier molecular flexibility index (Phi) is 7.06. The van der Waals surface area contributed by atoms with Crippen molar-refractivity contribution in [2.75, 3.05) is 44.8 Å². The number of amides is 3. The van der Waals surface area contributed by atoms with Crippen molar-refractivity contribution in [3.05, 3.63) is 24.3 Å². The number of hydrogen-bond donors (Lipinski definition) is 1. The number of nitrogens with zero attached hydrogens (tertiary/aromatic N) is 2. The Morgan fingerprint density at radius 3 is 2.84 bits per heavy atom. The van der Waals surface area contributed by atoms with Crippen LogP contribution in [-0.4, -0.2) is 62.8 Å². The van der Waals surface area contributed by atoms with Gasteiger partial charge in [-0.1, -0.05) is 13.0 Å². The molecule has 0 aliphatic carbocycles. The Hall–Kier alpha value is -2.28. The highest BCUT2D eigenvalue weighted by molar-refractivity contribution is 5.97. The normalized spacial score (nSPS) is 15.9. The minimum absolute atomic E-state index is 0.0438.